The zero-order chi connectivity index (χ0) is 10.7. The minimum absolute atomic E-state index is 0.0619. The molecule has 1 saturated carbocycles. The summed E-state index contributed by atoms with van der Waals surface area (Å²) in [6.45, 7) is 0.945. The first kappa shape index (κ1) is 10.2. The van der Waals surface area contributed by atoms with Crippen molar-refractivity contribution < 1.29 is 9.84 Å². The van der Waals surface area contributed by atoms with Gasteiger partial charge in [-0.3, -0.25) is 0 Å². The molecule has 1 fully saturated rings. The zero-order valence-electron chi connectivity index (χ0n) is 8.73. The predicted molar refractivity (Wildman–Crippen MR) is 55.8 cm³/mol. The van der Waals surface area contributed by atoms with E-state index in [1.807, 2.05) is 0 Å². The number of anilines is 1. The molecule has 0 atom stereocenters. The summed E-state index contributed by atoms with van der Waals surface area (Å²) in [6, 6.07) is 1.70. The van der Waals surface area contributed by atoms with Crippen molar-refractivity contribution in [1.29, 1.82) is 0 Å². The van der Waals surface area contributed by atoms with Gasteiger partial charge in [0.15, 0.2) is 0 Å². The number of aromatic nitrogens is 2. The molecule has 1 aliphatic carbocycles. The summed E-state index contributed by atoms with van der Waals surface area (Å²) < 4.78 is 4.99. The molecular weight excluding hydrogens is 194 g/mol. The van der Waals surface area contributed by atoms with E-state index >= 15 is 0 Å². The zero-order valence-corrected chi connectivity index (χ0v) is 8.73. The molecule has 0 bridgehead atoms. The summed E-state index contributed by atoms with van der Waals surface area (Å²) in [5.74, 6) is 1.09. The van der Waals surface area contributed by atoms with Crippen molar-refractivity contribution in [3.63, 3.8) is 0 Å². The van der Waals surface area contributed by atoms with E-state index < -0.39 is 0 Å². The fraction of sp³-hybridized carbons (Fsp3) is 0.600. The second-order valence-corrected chi connectivity index (χ2v) is 3.93. The van der Waals surface area contributed by atoms with Crippen LogP contribution in [0.15, 0.2) is 12.3 Å². The van der Waals surface area contributed by atoms with Crippen molar-refractivity contribution in [3.8, 4) is 5.88 Å². The van der Waals surface area contributed by atoms with Crippen LogP contribution in [0.25, 0.3) is 0 Å². The van der Waals surface area contributed by atoms with Crippen LogP contribution in [0.5, 0.6) is 5.88 Å². The first-order chi connectivity index (χ1) is 7.28. The van der Waals surface area contributed by atoms with Gasteiger partial charge in [-0.2, -0.15) is 4.98 Å². The van der Waals surface area contributed by atoms with Crippen LogP contribution in [0, 0.1) is 5.41 Å². The van der Waals surface area contributed by atoms with E-state index in [9.17, 15) is 0 Å². The average molecular weight is 209 g/mol. The fourth-order valence-corrected chi connectivity index (χ4v) is 1.38. The van der Waals surface area contributed by atoms with Crippen molar-refractivity contribution in [2.24, 2.45) is 5.41 Å². The van der Waals surface area contributed by atoms with Crippen molar-refractivity contribution in [3.05, 3.63) is 12.3 Å². The molecule has 5 nitrogen and oxygen atoms in total. The molecule has 0 aliphatic heterocycles. The Morgan fingerprint density at radius 2 is 2.40 bits per heavy atom. The summed E-state index contributed by atoms with van der Waals surface area (Å²) in [7, 11) is 1.57. The van der Waals surface area contributed by atoms with Crippen molar-refractivity contribution in [1.82, 2.24) is 9.97 Å². The van der Waals surface area contributed by atoms with Crippen LogP contribution >= 0.6 is 0 Å². The van der Waals surface area contributed by atoms with Gasteiger partial charge in [0.25, 0.3) is 0 Å². The summed E-state index contributed by atoms with van der Waals surface area (Å²) >= 11 is 0. The third-order valence-corrected chi connectivity index (χ3v) is 2.75. The van der Waals surface area contributed by atoms with Gasteiger partial charge < -0.3 is 15.2 Å². The molecule has 0 radical (unpaired) electrons. The van der Waals surface area contributed by atoms with Crippen LogP contribution in [-0.2, 0) is 0 Å². The Bertz CT molecular complexity index is 339. The lowest BCUT2D eigenvalue weighted by Gasteiger charge is -2.12. The molecular formula is C10H15N3O2. The number of aliphatic hydroxyl groups is 1. The van der Waals surface area contributed by atoms with Crippen LogP contribution < -0.4 is 10.1 Å². The maximum absolute atomic E-state index is 9.13. The Morgan fingerprint density at radius 3 is 3.00 bits per heavy atom. The van der Waals surface area contributed by atoms with Gasteiger partial charge in [0.05, 0.1) is 13.7 Å². The maximum Gasteiger partial charge on any atom is 0.225 e. The van der Waals surface area contributed by atoms with E-state index in [-0.39, 0.29) is 12.0 Å². The van der Waals surface area contributed by atoms with E-state index in [1.54, 1.807) is 19.4 Å². The average Bonchev–Trinajstić information content (AvgIpc) is 3.07. The number of aliphatic hydroxyl groups excluding tert-OH is 1. The summed E-state index contributed by atoms with van der Waals surface area (Å²) in [6.07, 6.45) is 3.79. The second-order valence-electron chi connectivity index (χ2n) is 3.93. The molecule has 15 heavy (non-hydrogen) atoms. The summed E-state index contributed by atoms with van der Waals surface area (Å²) in [4.78, 5) is 8.20. The van der Waals surface area contributed by atoms with Gasteiger partial charge in [-0.15, -0.1) is 0 Å². The number of nitrogens with one attached hydrogen (secondary N) is 1. The number of methoxy groups -OCH3 is 1. The van der Waals surface area contributed by atoms with Gasteiger partial charge in [0, 0.05) is 24.2 Å². The highest BCUT2D eigenvalue weighted by atomic mass is 16.5. The van der Waals surface area contributed by atoms with Gasteiger partial charge in [-0.05, 0) is 12.8 Å². The fourth-order valence-electron chi connectivity index (χ4n) is 1.38. The Balaban J connectivity index is 1.93. The molecule has 0 amide bonds. The smallest absolute Gasteiger partial charge is 0.225 e. The highest BCUT2D eigenvalue weighted by Crippen LogP contribution is 2.44. The maximum atomic E-state index is 9.13. The van der Waals surface area contributed by atoms with Crippen LogP contribution in [0.2, 0.25) is 0 Å². The van der Waals surface area contributed by atoms with Gasteiger partial charge in [-0.1, -0.05) is 0 Å². The van der Waals surface area contributed by atoms with Gasteiger partial charge >= 0.3 is 0 Å². The molecule has 1 aromatic heterocycles. The van der Waals surface area contributed by atoms with Gasteiger partial charge in [0.2, 0.25) is 11.8 Å². The molecule has 82 valence electrons. The predicted octanol–water partition coefficient (Wildman–Crippen LogP) is 0.670. The minimum atomic E-state index is 0.0619. The van der Waals surface area contributed by atoms with Crippen LogP contribution in [0.4, 0.5) is 5.95 Å². The molecule has 0 spiro atoms. The van der Waals surface area contributed by atoms with E-state index in [1.165, 1.54) is 0 Å². The Labute approximate surface area is 88.5 Å². The number of rotatable bonds is 5. The molecule has 5 heteroatoms. The summed E-state index contributed by atoms with van der Waals surface area (Å²) in [5.41, 5.74) is 0.0619. The third-order valence-electron chi connectivity index (χ3n) is 2.75. The van der Waals surface area contributed by atoms with Crippen LogP contribution in [-0.4, -0.2) is 35.3 Å². The van der Waals surface area contributed by atoms with Crippen LogP contribution in [0.3, 0.4) is 0 Å². The highest BCUT2D eigenvalue weighted by Gasteiger charge is 2.41. The third kappa shape index (κ3) is 2.36. The number of hydrogen-bond donors (Lipinski definition) is 2. The largest absolute Gasteiger partial charge is 0.481 e. The van der Waals surface area contributed by atoms with Crippen LogP contribution in [0.1, 0.15) is 12.8 Å². The lowest BCUT2D eigenvalue weighted by Crippen LogP contribution is -2.20. The highest BCUT2D eigenvalue weighted by molar-refractivity contribution is 5.28. The normalized spacial score (nSPS) is 17.2. The first-order valence-corrected chi connectivity index (χ1v) is 5.00. The van der Waals surface area contributed by atoms with E-state index in [0.717, 1.165) is 19.4 Å². The Hall–Kier alpha value is -1.36. The molecule has 0 aromatic carbocycles. The molecule has 2 rings (SSSR count). The lowest BCUT2D eigenvalue weighted by atomic mass is 10.1. The van der Waals surface area contributed by atoms with Crippen molar-refractivity contribution in [2.45, 2.75) is 12.8 Å². The van der Waals surface area contributed by atoms with Gasteiger partial charge in [0.1, 0.15) is 0 Å². The molecule has 0 saturated heterocycles. The summed E-state index contributed by atoms with van der Waals surface area (Å²) in [5, 5.41) is 12.2. The molecule has 1 aliphatic rings. The SMILES string of the molecule is COc1ccnc(NCC2(CO)CC2)n1. The van der Waals surface area contributed by atoms with E-state index in [2.05, 4.69) is 15.3 Å². The molecule has 1 aromatic rings. The topological polar surface area (TPSA) is 67.3 Å². The molecule has 2 N–H and O–H groups in total. The molecule has 1 heterocycles. The lowest BCUT2D eigenvalue weighted by molar-refractivity contribution is 0.219. The number of ether oxygens (including phenoxy) is 1. The Morgan fingerprint density at radius 1 is 1.60 bits per heavy atom. The number of nitrogens with zero attached hydrogens (tertiary/aromatic N) is 2. The standard InChI is InChI=1S/C10H15N3O2/c1-15-8-2-5-11-9(13-8)12-6-10(7-14)3-4-10/h2,5,14H,3-4,6-7H2,1H3,(H,11,12,13). The van der Waals surface area contributed by atoms with Crippen molar-refractivity contribution >= 4 is 5.95 Å². The minimum Gasteiger partial charge on any atom is -0.481 e. The second kappa shape index (κ2) is 4.02. The molecule has 0 unspecified atom stereocenters. The van der Waals surface area contributed by atoms with E-state index in [0.29, 0.717) is 11.8 Å². The first-order valence-electron chi connectivity index (χ1n) is 5.00. The van der Waals surface area contributed by atoms with Gasteiger partial charge in [-0.25, -0.2) is 4.98 Å². The Kier molecular flexibility index (Phi) is 2.73. The van der Waals surface area contributed by atoms with E-state index in [4.69, 9.17) is 9.84 Å². The monoisotopic (exact) mass is 209 g/mol. The quantitative estimate of drug-likeness (QED) is 0.746. The van der Waals surface area contributed by atoms with Crippen molar-refractivity contribution in [2.75, 3.05) is 25.6 Å². The number of hydrogen-bond acceptors (Lipinski definition) is 5.